The molecule has 1 N–H and O–H groups in total. The first-order valence-corrected chi connectivity index (χ1v) is 10.9. The molecule has 0 fully saturated rings. The van der Waals surface area contributed by atoms with Gasteiger partial charge in [-0.05, 0) is 37.3 Å². The molecule has 0 saturated heterocycles. The molecule has 4 aromatic rings. The number of ether oxygens (including phenoxy) is 2. The number of carbonyl (C=O) groups is 1. The summed E-state index contributed by atoms with van der Waals surface area (Å²) in [5.74, 6) is 2.11. The van der Waals surface area contributed by atoms with Crippen LogP contribution in [0.4, 0.5) is 5.82 Å². The summed E-state index contributed by atoms with van der Waals surface area (Å²) < 4.78 is 12.6. The summed E-state index contributed by atoms with van der Waals surface area (Å²) in [5, 5.41) is 7.67. The van der Waals surface area contributed by atoms with Crippen molar-refractivity contribution >= 4 is 11.7 Å². The van der Waals surface area contributed by atoms with Crippen LogP contribution in [-0.2, 0) is 0 Å². The van der Waals surface area contributed by atoms with Gasteiger partial charge in [-0.1, -0.05) is 32.0 Å². The van der Waals surface area contributed by atoms with E-state index in [0.29, 0.717) is 40.0 Å². The predicted molar refractivity (Wildman–Crippen MR) is 131 cm³/mol. The van der Waals surface area contributed by atoms with Crippen LogP contribution in [0.2, 0.25) is 0 Å². The lowest BCUT2D eigenvalue weighted by atomic mass is 10.1. The number of hydrogen-bond acceptors (Lipinski definition) is 6. The maximum Gasteiger partial charge on any atom is 0.260 e. The van der Waals surface area contributed by atoms with Gasteiger partial charge in [0.2, 0.25) is 0 Å². The van der Waals surface area contributed by atoms with Crippen LogP contribution >= 0.6 is 0 Å². The van der Waals surface area contributed by atoms with Crippen LogP contribution in [0, 0.1) is 6.92 Å². The van der Waals surface area contributed by atoms with Crippen molar-refractivity contribution in [2.75, 3.05) is 19.5 Å². The molecule has 0 spiro atoms. The topological polar surface area (TPSA) is 91.2 Å². The summed E-state index contributed by atoms with van der Waals surface area (Å²) in [5.41, 5.74) is 3.08. The van der Waals surface area contributed by atoms with Crippen LogP contribution in [0.5, 0.6) is 11.5 Å². The Morgan fingerprint density at radius 2 is 1.76 bits per heavy atom. The van der Waals surface area contributed by atoms with Gasteiger partial charge in [0.1, 0.15) is 28.8 Å². The Labute approximate surface area is 198 Å². The van der Waals surface area contributed by atoms with Crippen molar-refractivity contribution in [3.05, 3.63) is 77.9 Å². The number of anilines is 1. The van der Waals surface area contributed by atoms with Crippen LogP contribution in [0.25, 0.3) is 16.9 Å². The molecule has 0 aliphatic carbocycles. The van der Waals surface area contributed by atoms with Gasteiger partial charge in [-0.3, -0.25) is 4.79 Å². The van der Waals surface area contributed by atoms with Crippen molar-refractivity contribution < 1.29 is 14.3 Å². The fourth-order valence-electron chi connectivity index (χ4n) is 3.55. The van der Waals surface area contributed by atoms with Gasteiger partial charge in [-0.15, -0.1) is 0 Å². The van der Waals surface area contributed by atoms with E-state index in [1.165, 1.54) is 0 Å². The Bertz CT molecular complexity index is 1320. The number of carbonyl (C=O) groups excluding carboxylic acids is 1. The zero-order valence-corrected chi connectivity index (χ0v) is 19.9. The van der Waals surface area contributed by atoms with E-state index in [9.17, 15) is 4.79 Å². The fourth-order valence-corrected chi connectivity index (χ4v) is 3.55. The van der Waals surface area contributed by atoms with E-state index in [-0.39, 0.29) is 11.8 Å². The molecule has 8 nitrogen and oxygen atoms in total. The number of amides is 1. The van der Waals surface area contributed by atoms with E-state index >= 15 is 0 Å². The van der Waals surface area contributed by atoms with Gasteiger partial charge < -0.3 is 14.8 Å². The minimum atomic E-state index is -0.338. The van der Waals surface area contributed by atoms with Crippen LogP contribution in [0.3, 0.4) is 0 Å². The highest BCUT2D eigenvalue weighted by molar-refractivity contribution is 6.08. The average molecular weight is 458 g/mol. The number of para-hydroxylation sites is 1. The Balaban J connectivity index is 1.82. The Kier molecular flexibility index (Phi) is 6.58. The quantitative estimate of drug-likeness (QED) is 0.419. The third-order valence-corrected chi connectivity index (χ3v) is 5.27. The summed E-state index contributed by atoms with van der Waals surface area (Å²) in [6.07, 6.45) is 1.70. The maximum absolute atomic E-state index is 13.5. The highest BCUT2D eigenvalue weighted by Crippen LogP contribution is 2.35. The number of aromatic nitrogens is 4. The summed E-state index contributed by atoms with van der Waals surface area (Å²) in [4.78, 5) is 22.5. The average Bonchev–Trinajstić information content (AvgIpc) is 3.29. The first-order chi connectivity index (χ1) is 16.4. The van der Waals surface area contributed by atoms with E-state index in [4.69, 9.17) is 14.6 Å². The second-order valence-corrected chi connectivity index (χ2v) is 8.10. The molecule has 0 atom stereocenters. The molecule has 0 bridgehead atoms. The van der Waals surface area contributed by atoms with Gasteiger partial charge in [0.15, 0.2) is 0 Å². The summed E-state index contributed by atoms with van der Waals surface area (Å²) >= 11 is 0. The smallest absolute Gasteiger partial charge is 0.260 e. The normalized spacial score (nSPS) is 10.9. The predicted octanol–water partition coefficient (Wildman–Crippen LogP) is 5.03. The third kappa shape index (κ3) is 4.76. The fraction of sp³-hybridized carbons (Fsp3) is 0.231. The van der Waals surface area contributed by atoms with Gasteiger partial charge in [0.05, 0.1) is 25.5 Å². The molecule has 0 unspecified atom stereocenters. The number of hydrogen-bond donors (Lipinski definition) is 1. The lowest BCUT2D eigenvalue weighted by molar-refractivity contribution is 0.102. The third-order valence-electron chi connectivity index (χ3n) is 5.27. The largest absolute Gasteiger partial charge is 0.497 e. The number of benzene rings is 2. The van der Waals surface area contributed by atoms with Crippen molar-refractivity contribution in [3.63, 3.8) is 0 Å². The van der Waals surface area contributed by atoms with Gasteiger partial charge >= 0.3 is 0 Å². The second-order valence-electron chi connectivity index (χ2n) is 8.10. The van der Waals surface area contributed by atoms with Crippen LogP contribution in [0.1, 0.15) is 41.6 Å². The minimum absolute atomic E-state index is 0.132. The number of nitrogens with one attached hydrogen (secondary N) is 1. The zero-order valence-electron chi connectivity index (χ0n) is 19.9. The minimum Gasteiger partial charge on any atom is -0.497 e. The molecule has 8 heteroatoms. The maximum atomic E-state index is 13.5. The molecule has 2 aromatic heterocycles. The van der Waals surface area contributed by atoms with E-state index in [1.54, 1.807) is 49.4 Å². The number of aryl methyl sites for hydroxylation is 1. The van der Waals surface area contributed by atoms with Crippen molar-refractivity contribution in [2.24, 2.45) is 0 Å². The first-order valence-electron chi connectivity index (χ1n) is 10.9. The molecule has 174 valence electrons. The molecule has 34 heavy (non-hydrogen) atoms. The molecule has 2 aromatic carbocycles. The van der Waals surface area contributed by atoms with Gasteiger partial charge in [-0.25, -0.2) is 14.6 Å². The SMILES string of the molecule is COc1ccc(OC)c(-c2nn(-c3ccccc3)cc2C(=O)Nc2cc(C)nc(C(C)C)n2)c1. The molecule has 0 aliphatic heterocycles. The van der Waals surface area contributed by atoms with Crippen molar-refractivity contribution in [1.29, 1.82) is 0 Å². The van der Waals surface area contributed by atoms with Gasteiger partial charge in [0.25, 0.3) is 5.91 Å². The zero-order chi connectivity index (χ0) is 24.2. The highest BCUT2D eigenvalue weighted by Gasteiger charge is 2.23. The van der Waals surface area contributed by atoms with E-state index in [1.807, 2.05) is 51.1 Å². The van der Waals surface area contributed by atoms with E-state index in [0.717, 1.165) is 11.4 Å². The molecule has 2 heterocycles. The molecular weight excluding hydrogens is 430 g/mol. The molecule has 4 rings (SSSR count). The monoisotopic (exact) mass is 457 g/mol. The summed E-state index contributed by atoms with van der Waals surface area (Å²) in [7, 11) is 3.17. The molecule has 0 saturated carbocycles. The number of rotatable bonds is 7. The lowest BCUT2D eigenvalue weighted by Crippen LogP contribution is -2.15. The Morgan fingerprint density at radius 3 is 2.44 bits per heavy atom. The van der Waals surface area contributed by atoms with Gasteiger partial charge in [0, 0.05) is 29.4 Å². The van der Waals surface area contributed by atoms with Crippen molar-refractivity contribution in [2.45, 2.75) is 26.7 Å². The lowest BCUT2D eigenvalue weighted by Gasteiger charge is -2.11. The van der Waals surface area contributed by atoms with Crippen molar-refractivity contribution in [3.8, 4) is 28.4 Å². The Morgan fingerprint density at radius 1 is 1.00 bits per heavy atom. The first kappa shape index (κ1) is 23.0. The second kappa shape index (κ2) is 9.74. The number of nitrogens with zero attached hydrogens (tertiary/aromatic N) is 4. The molecular formula is C26H27N5O3. The van der Waals surface area contributed by atoms with Crippen LogP contribution in [-0.4, -0.2) is 39.9 Å². The van der Waals surface area contributed by atoms with E-state index < -0.39 is 0 Å². The summed E-state index contributed by atoms with van der Waals surface area (Å²) in [6.45, 7) is 5.90. The highest BCUT2D eigenvalue weighted by atomic mass is 16.5. The Hall–Kier alpha value is -4.20. The van der Waals surface area contributed by atoms with Crippen LogP contribution in [0.15, 0.2) is 60.8 Å². The number of methoxy groups -OCH3 is 2. The molecule has 0 aliphatic rings. The van der Waals surface area contributed by atoms with Crippen LogP contribution < -0.4 is 14.8 Å². The van der Waals surface area contributed by atoms with Crippen molar-refractivity contribution in [1.82, 2.24) is 19.7 Å². The molecule has 1 amide bonds. The summed E-state index contributed by atoms with van der Waals surface area (Å²) in [6, 6.07) is 16.7. The van der Waals surface area contributed by atoms with Gasteiger partial charge in [-0.2, -0.15) is 5.10 Å². The standard InChI is InChI=1S/C26H27N5O3/c1-16(2)25-27-17(3)13-23(28-25)29-26(32)21-15-31(18-9-7-6-8-10-18)30-24(21)20-14-19(33-4)11-12-22(20)34-5/h6-16H,1-5H3,(H,27,28,29,32). The van der Waals surface area contributed by atoms with E-state index in [2.05, 4.69) is 15.3 Å². The molecule has 0 radical (unpaired) electrons.